The van der Waals surface area contributed by atoms with Crippen LogP contribution in [0.2, 0.25) is 0 Å². The van der Waals surface area contributed by atoms with Crippen LogP contribution < -0.4 is 21.7 Å². The van der Waals surface area contributed by atoms with E-state index in [0.29, 0.717) is 6.54 Å². The number of carbonyl (C=O) groups is 2. The number of nitrogens with two attached hydrogens (primary N) is 1. The number of primary amides is 1. The Morgan fingerprint density at radius 1 is 1.21 bits per heavy atom. The summed E-state index contributed by atoms with van der Waals surface area (Å²) in [4.78, 5) is 22.1. The van der Waals surface area contributed by atoms with Gasteiger partial charge in [0.1, 0.15) is 0 Å². The minimum absolute atomic E-state index is 0.00815. The molecule has 0 spiro atoms. The molecule has 2 amide bonds. The van der Waals surface area contributed by atoms with Gasteiger partial charge < -0.3 is 0 Å². The molecule has 0 fully saturated rings. The number of rotatable bonds is 8. The molecular formula is C16H20B2N4O2. The van der Waals surface area contributed by atoms with Gasteiger partial charge in [-0.3, -0.25) is 0 Å². The van der Waals surface area contributed by atoms with Gasteiger partial charge in [-0.25, -0.2) is 0 Å². The molecule has 6 nitrogen and oxygen atoms in total. The van der Waals surface area contributed by atoms with Crippen LogP contribution in [-0.4, -0.2) is 38.2 Å². The normalized spacial score (nSPS) is 11.0. The number of hydrogen-bond donors (Lipinski definition) is 4. The van der Waals surface area contributed by atoms with Gasteiger partial charge in [0.25, 0.3) is 0 Å². The summed E-state index contributed by atoms with van der Waals surface area (Å²) in [7, 11) is 0. The number of benzene rings is 1. The van der Waals surface area contributed by atoms with Gasteiger partial charge in [0.2, 0.25) is 0 Å². The Labute approximate surface area is 142 Å². The molecule has 1 unspecified atom stereocenters. The first-order chi connectivity index (χ1) is 11.5. The summed E-state index contributed by atoms with van der Waals surface area (Å²) < 4.78 is 0. The third-order valence-electron chi connectivity index (χ3n) is 3.28. The molecule has 0 aliphatic heterocycles. The van der Waals surface area contributed by atoms with Gasteiger partial charge in [0, 0.05) is 0 Å². The maximum atomic E-state index is 11.4. The predicted molar refractivity (Wildman–Crippen MR) is 98.8 cm³/mol. The Bertz CT molecular complexity index is 697. The molecule has 0 radical (unpaired) electrons. The molecule has 1 heterocycles. The second kappa shape index (κ2) is 8.86. The molecular weight excluding hydrogens is 302 g/mol. The summed E-state index contributed by atoms with van der Waals surface area (Å²) in [6.45, 7) is 6.33. The predicted octanol–water partition coefficient (Wildman–Crippen LogP) is 0.898. The molecule has 0 saturated heterocycles. The van der Waals surface area contributed by atoms with E-state index in [9.17, 15) is 9.59 Å². The van der Waals surface area contributed by atoms with Crippen LogP contribution in [0.4, 0.5) is 16.7 Å². The van der Waals surface area contributed by atoms with E-state index in [-0.39, 0.29) is 18.4 Å². The Balaban J connectivity index is 1.87. The first kappa shape index (κ1) is 17.7. The summed E-state index contributed by atoms with van der Waals surface area (Å²) in [5, 5.41) is 9.30. The van der Waals surface area contributed by atoms with E-state index >= 15 is 0 Å². The first-order valence-electron chi connectivity index (χ1n) is 7.76. The fourth-order valence-electron chi connectivity index (χ4n) is 2.20. The Hall–Kier alpha value is -2.63. The summed E-state index contributed by atoms with van der Waals surface area (Å²) in [6, 6.07) is 11.9. The quantitative estimate of drug-likeness (QED) is 0.543. The van der Waals surface area contributed by atoms with E-state index in [1.54, 1.807) is 0 Å². The molecule has 2 rings (SSSR count). The van der Waals surface area contributed by atoms with Crippen molar-refractivity contribution in [2.24, 2.45) is 5.73 Å². The number of anilines is 3. The van der Waals surface area contributed by atoms with Gasteiger partial charge in [0.15, 0.2) is 0 Å². The van der Waals surface area contributed by atoms with Crippen molar-refractivity contribution in [1.29, 1.82) is 0 Å². The van der Waals surface area contributed by atoms with Crippen molar-refractivity contribution < 1.29 is 9.59 Å². The SMILES string of the molecule is CC(CNC(=O)CC(N)=O)Nc1bc(Nc2ccccc2)bcc1. The van der Waals surface area contributed by atoms with Crippen molar-refractivity contribution in [2.75, 3.05) is 17.2 Å². The molecule has 0 aliphatic carbocycles. The van der Waals surface area contributed by atoms with Gasteiger partial charge in [-0.2, -0.15) is 0 Å². The number of para-hydroxylation sites is 1. The molecule has 122 valence electrons. The molecule has 2 aromatic rings. The van der Waals surface area contributed by atoms with E-state index in [1.807, 2.05) is 63.1 Å². The topological polar surface area (TPSA) is 96.2 Å². The van der Waals surface area contributed by atoms with Crippen LogP contribution in [0.5, 0.6) is 0 Å². The molecule has 0 saturated carbocycles. The monoisotopic (exact) mass is 322 g/mol. The van der Waals surface area contributed by atoms with Crippen molar-refractivity contribution in [1.82, 2.24) is 5.32 Å². The van der Waals surface area contributed by atoms with Gasteiger partial charge in [0.05, 0.1) is 0 Å². The van der Waals surface area contributed by atoms with Crippen molar-refractivity contribution in [3.63, 3.8) is 0 Å². The van der Waals surface area contributed by atoms with E-state index in [1.165, 1.54) is 0 Å². The van der Waals surface area contributed by atoms with E-state index < -0.39 is 5.91 Å². The standard InChI is InChI=1S/C16H20B2N4O2/c1-11(10-20-15(24)9-14(19)23)21-13-7-8-17-16(18-13)22-12-5-3-2-4-6-12/h2-8,11,21-22H,9-10H2,1H3,(H2,19,23)(H,20,24). The second-order valence-electron chi connectivity index (χ2n) is 5.56. The van der Waals surface area contributed by atoms with Crippen molar-refractivity contribution >= 4 is 42.4 Å². The molecule has 1 atom stereocenters. The van der Waals surface area contributed by atoms with Crippen LogP contribution >= 0.6 is 0 Å². The Morgan fingerprint density at radius 3 is 2.67 bits per heavy atom. The number of carbonyl (C=O) groups excluding carboxylic acids is 2. The average Bonchev–Trinajstić information content (AvgIpc) is 2.54. The zero-order valence-corrected chi connectivity index (χ0v) is 13.6. The third kappa shape index (κ3) is 6.24. The van der Waals surface area contributed by atoms with E-state index in [0.717, 1.165) is 16.7 Å². The molecule has 0 bridgehead atoms. The molecule has 5 N–H and O–H groups in total. The zero-order valence-electron chi connectivity index (χ0n) is 13.6. The minimum atomic E-state index is -0.632. The average molecular weight is 322 g/mol. The van der Waals surface area contributed by atoms with Crippen LogP contribution in [0, 0.1) is 0 Å². The van der Waals surface area contributed by atoms with Gasteiger partial charge in [-0.1, -0.05) is 0 Å². The van der Waals surface area contributed by atoms with Crippen LogP contribution in [0.1, 0.15) is 13.3 Å². The summed E-state index contributed by atoms with van der Waals surface area (Å²) in [5.41, 5.74) is 7.90. The van der Waals surface area contributed by atoms with Crippen LogP contribution in [0.25, 0.3) is 0 Å². The molecule has 8 heteroatoms. The van der Waals surface area contributed by atoms with E-state index in [4.69, 9.17) is 5.73 Å². The van der Waals surface area contributed by atoms with Gasteiger partial charge in [-0.05, 0) is 0 Å². The Morgan fingerprint density at radius 2 is 1.96 bits per heavy atom. The van der Waals surface area contributed by atoms with Gasteiger partial charge >= 0.3 is 142 Å². The fraction of sp³-hybridized carbons (Fsp3) is 0.250. The number of hydrogen-bond acceptors (Lipinski definition) is 4. The van der Waals surface area contributed by atoms with Crippen LogP contribution in [-0.2, 0) is 9.59 Å². The molecule has 24 heavy (non-hydrogen) atoms. The van der Waals surface area contributed by atoms with Crippen molar-refractivity contribution in [2.45, 2.75) is 19.4 Å². The van der Waals surface area contributed by atoms with Crippen LogP contribution in [0.15, 0.2) is 42.4 Å². The number of amides is 2. The van der Waals surface area contributed by atoms with Crippen LogP contribution in [0.3, 0.4) is 0 Å². The summed E-state index contributed by atoms with van der Waals surface area (Å²) in [5.74, 6) is 0.954. The summed E-state index contributed by atoms with van der Waals surface area (Å²) in [6.07, 6.45) is -0.288. The van der Waals surface area contributed by atoms with Crippen molar-refractivity contribution in [3.8, 4) is 0 Å². The number of nitrogens with one attached hydrogen (secondary N) is 3. The fourth-order valence-corrected chi connectivity index (χ4v) is 2.20. The van der Waals surface area contributed by atoms with Gasteiger partial charge in [-0.15, -0.1) is 0 Å². The van der Waals surface area contributed by atoms with Crippen molar-refractivity contribution in [3.05, 3.63) is 42.4 Å². The maximum absolute atomic E-state index is 11.4. The zero-order chi connectivity index (χ0) is 17.4. The van der Waals surface area contributed by atoms with E-state index in [2.05, 4.69) is 16.0 Å². The Kier molecular flexibility index (Phi) is 6.54. The molecule has 0 aliphatic rings. The molecule has 1 aromatic carbocycles. The first-order valence-corrected chi connectivity index (χ1v) is 7.76. The molecule has 1 aromatic heterocycles. The third-order valence-corrected chi connectivity index (χ3v) is 3.28. The second-order valence-corrected chi connectivity index (χ2v) is 5.56. The summed E-state index contributed by atoms with van der Waals surface area (Å²) >= 11 is 0.